The molecule has 0 saturated carbocycles. The zero-order chi connectivity index (χ0) is 17.0. The van der Waals surface area contributed by atoms with Crippen LogP contribution in [0.25, 0.3) is 0 Å². The van der Waals surface area contributed by atoms with Gasteiger partial charge in [-0.1, -0.05) is 22.0 Å². The molecule has 2 rings (SSSR count). The van der Waals surface area contributed by atoms with Crippen molar-refractivity contribution in [3.05, 3.63) is 49.9 Å². The van der Waals surface area contributed by atoms with Gasteiger partial charge < -0.3 is 10.1 Å². The van der Waals surface area contributed by atoms with Crippen molar-refractivity contribution in [2.75, 3.05) is 11.9 Å². The van der Waals surface area contributed by atoms with Crippen LogP contribution in [0.4, 0.5) is 15.9 Å². The molecule has 0 aliphatic heterocycles. The molecule has 0 radical (unpaired) electrons. The van der Waals surface area contributed by atoms with Gasteiger partial charge in [0, 0.05) is 16.6 Å². The number of nitrogens with zero attached hydrogens (tertiary/aromatic N) is 3. The van der Waals surface area contributed by atoms with E-state index in [2.05, 4.69) is 31.2 Å². The van der Waals surface area contributed by atoms with Crippen molar-refractivity contribution >= 4 is 27.4 Å². The Morgan fingerprint density at radius 2 is 2.17 bits per heavy atom. The van der Waals surface area contributed by atoms with E-state index >= 15 is 0 Å². The first-order valence-electron chi connectivity index (χ1n) is 6.76. The smallest absolute Gasteiger partial charge is 0.332 e. The zero-order valence-corrected chi connectivity index (χ0v) is 14.1. The third-order valence-electron chi connectivity index (χ3n) is 2.96. The number of halogens is 2. The Morgan fingerprint density at radius 3 is 2.78 bits per heavy atom. The highest BCUT2D eigenvalue weighted by molar-refractivity contribution is 9.10. The van der Waals surface area contributed by atoms with Gasteiger partial charge in [-0.3, -0.25) is 10.1 Å². The van der Waals surface area contributed by atoms with Crippen LogP contribution in [0, 0.1) is 22.9 Å². The normalized spacial score (nSPS) is 10.4. The fourth-order valence-electron chi connectivity index (χ4n) is 1.92. The average Bonchev–Trinajstić information content (AvgIpc) is 2.45. The van der Waals surface area contributed by atoms with E-state index in [0.29, 0.717) is 16.6 Å². The van der Waals surface area contributed by atoms with E-state index in [4.69, 9.17) is 4.74 Å². The van der Waals surface area contributed by atoms with Gasteiger partial charge in [0.1, 0.15) is 11.5 Å². The summed E-state index contributed by atoms with van der Waals surface area (Å²) in [5, 5.41) is 14.0. The highest BCUT2D eigenvalue weighted by Crippen LogP contribution is 2.28. The van der Waals surface area contributed by atoms with Crippen LogP contribution in [0.15, 0.2) is 22.7 Å². The van der Waals surface area contributed by atoms with Crippen molar-refractivity contribution in [1.29, 1.82) is 0 Å². The van der Waals surface area contributed by atoms with Crippen LogP contribution in [0.2, 0.25) is 0 Å². The molecule has 0 aliphatic rings. The Bertz CT molecular complexity index is 742. The Balaban J connectivity index is 2.31. The number of anilines is 1. The molecular formula is C14H14BrFN4O3. The Hall–Kier alpha value is -2.29. The topological polar surface area (TPSA) is 90.2 Å². The van der Waals surface area contributed by atoms with Crippen LogP contribution < -0.4 is 10.1 Å². The molecule has 9 heteroatoms. The van der Waals surface area contributed by atoms with E-state index in [1.165, 1.54) is 13.0 Å². The summed E-state index contributed by atoms with van der Waals surface area (Å²) in [7, 11) is 0. The summed E-state index contributed by atoms with van der Waals surface area (Å²) in [6.07, 6.45) is 0. The standard InChI is InChI=1S/C14H14BrFN4O3/c1-3-23-14-18-8(2)12(20(21)22)13(19-14)17-7-9-4-5-10(15)6-11(9)16/h4-6H,3,7H2,1-2H3,(H,17,18,19). The quantitative estimate of drug-likeness (QED) is 0.604. The number of nitrogens with one attached hydrogen (secondary N) is 1. The van der Waals surface area contributed by atoms with E-state index in [1.807, 2.05) is 0 Å². The third kappa shape index (κ3) is 4.13. The van der Waals surface area contributed by atoms with Crippen LogP contribution in [0.5, 0.6) is 6.01 Å². The molecule has 1 N–H and O–H groups in total. The summed E-state index contributed by atoms with van der Waals surface area (Å²) in [4.78, 5) is 18.5. The van der Waals surface area contributed by atoms with Gasteiger partial charge in [0.2, 0.25) is 5.82 Å². The molecule has 7 nitrogen and oxygen atoms in total. The number of ether oxygens (including phenoxy) is 1. The maximum absolute atomic E-state index is 13.8. The first-order valence-corrected chi connectivity index (χ1v) is 7.55. The molecule has 0 unspecified atom stereocenters. The molecule has 0 spiro atoms. The van der Waals surface area contributed by atoms with E-state index in [1.54, 1.807) is 19.1 Å². The van der Waals surface area contributed by atoms with Gasteiger partial charge in [0.15, 0.2) is 0 Å². The average molecular weight is 385 g/mol. The molecule has 1 heterocycles. The van der Waals surface area contributed by atoms with Gasteiger partial charge in [0.25, 0.3) is 0 Å². The predicted octanol–water partition coefficient (Wildman–Crippen LogP) is 3.61. The molecule has 1 aromatic carbocycles. The minimum atomic E-state index is -0.578. The Labute approximate surface area is 140 Å². The lowest BCUT2D eigenvalue weighted by Crippen LogP contribution is -2.10. The van der Waals surface area contributed by atoms with Crippen molar-refractivity contribution in [1.82, 2.24) is 9.97 Å². The molecule has 0 amide bonds. The highest BCUT2D eigenvalue weighted by Gasteiger charge is 2.22. The van der Waals surface area contributed by atoms with E-state index in [0.717, 1.165) is 0 Å². The fourth-order valence-corrected chi connectivity index (χ4v) is 2.25. The van der Waals surface area contributed by atoms with E-state index < -0.39 is 10.7 Å². The lowest BCUT2D eigenvalue weighted by Gasteiger charge is -2.10. The van der Waals surface area contributed by atoms with E-state index in [9.17, 15) is 14.5 Å². The van der Waals surface area contributed by atoms with Gasteiger partial charge in [-0.15, -0.1) is 0 Å². The summed E-state index contributed by atoms with van der Waals surface area (Å²) in [5.41, 5.74) is 0.273. The molecule has 2 aromatic rings. The van der Waals surface area contributed by atoms with E-state index in [-0.39, 0.29) is 29.8 Å². The largest absolute Gasteiger partial charge is 0.464 e. The van der Waals surface area contributed by atoms with Crippen LogP contribution in [0.3, 0.4) is 0 Å². The molecule has 0 fully saturated rings. The molecule has 122 valence electrons. The maximum atomic E-state index is 13.8. The minimum absolute atomic E-state index is 0.00623. The molecule has 0 saturated heterocycles. The molecule has 23 heavy (non-hydrogen) atoms. The van der Waals surface area contributed by atoms with Gasteiger partial charge in [0.05, 0.1) is 11.5 Å². The third-order valence-corrected chi connectivity index (χ3v) is 3.45. The monoisotopic (exact) mass is 384 g/mol. The highest BCUT2D eigenvalue weighted by atomic mass is 79.9. The number of nitro groups is 1. The summed E-state index contributed by atoms with van der Waals surface area (Å²) >= 11 is 3.17. The number of aryl methyl sites for hydroxylation is 1. The summed E-state index contributed by atoms with van der Waals surface area (Å²) < 4.78 is 19.6. The van der Waals surface area contributed by atoms with Crippen molar-refractivity contribution < 1.29 is 14.1 Å². The molecule has 0 aliphatic carbocycles. The summed E-state index contributed by atoms with van der Waals surface area (Å²) in [5.74, 6) is -0.432. The van der Waals surface area contributed by atoms with Crippen molar-refractivity contribution in [2.24, 2.45) is 0 Å². The van der Waals surface area contributed by atoms with Crippen molar-refractivity contribution in [3.63, 3.8) is 0 Å². The minimum Gasteiger partial charge on any atom is -0.464 e. The summed E-state index contributed by atoms with van der Waals surface area (Å²) in [6.45, 7) is 3.62. The lowest BCUT2D eigenvalue weighted by atomic mass is 10.2. The number of benzene rings is 1. The second-order valence-electron chi connectivity index (χ2n) is 4.57. The molecule has 0 atom stereocenters. The fraction of sp³-hybridized carbons (Fsp3) is 0.286. The Morgan fingerprint density at radius 1 is 1.43 bits per heavy atom. The Kier molecular flexibility index (Phi) is 5.43. The van der Waals surface area contributed by atoms with Gasteiger partial charge in [-0.25, -0.2) is 4.39 Å². The van der Waals surface area contributed by atoms with Gasteiger partial charge in [-0.05, 0) is 26.0 Å². The van der Waals surface area contributed by atoms with Gasteiger partial charge >= 0.3 is 11.7 Å². The lowest BCUT2D eigenvalue weighted by molar-refractivity contribution is -0.385. The van der Waals surface area contributed by atoms with Crippen LogP contribution in [-0.4, -0.2) is 21.5 Å². The number of hydrogen-bond donors (Lipinski definition) is 1. The molecule has 1 aromatic heterocycles. The number of aromatic nitrogens is 2. The van der Waals surface area contributed by atoms with Crippen LogP contribution in [-0.2, 0) is 6.54 Å². The zero-order valence-electron chi connectivity index (χ0n) is 12.5. The number of rotatable bonds is 6. The molecular weight excluding hydrogens is 371 g/mol. The second-order valence-corrected chi connectivity index (χ2v) is 5.48. The SMILES string of the molecule is CCOc1nc(C)c([N+](=O)[O-])c(NCc2ccc(Br)cc2F)n1. The summed E-state index contributed by atoms with van der Waals surface area (Å²) in [6, 6.07) is 4.62. The molecule has 0 bridgehead atoms. The first-order chi connectivity index (χ1) is 10.9. The van der Waals surface area contributed by atoms with Gasteiger partial charge in [-0.2, -0.15) is 9.97 Å². The van der Waals surface area contributed by atoms with Crippen LogP contribution in [0.1, 0.15) is 18.2 Å². The first kappa shape index (κ1) is 17.1. The second kappa shape index (κ2) is 7.32. The maximum Gasteiger partial charge on any atom is 0.332 e. The van der Waals surface area contributed by atoms with Crippen molar-refractivity contribution in [2.45, 2.75) is 20.4 Å². The predicted molar refractivity (Wildman–Crippen MR) is 86.0 cm³/mol. The van der Waals surface area contributed by atoms with Crippen LogP contribution >= 0.6 is 15.9 Å². The van der Waals surface area contributed by atoms with Crippen molar-refractivity contribution in [3.8, 4) is 6.01 Å². The number of hydrogen-bond acceptors (Lipinski definition) is 6.